The number of hydrogen-bond acceptors (Lipinski definition) is 4. The lowest BCUT2D eigenvalue weighted by Crippen LogP contribution is -2.08. The molecule has 0 unspecified atom stereocenters. The van der Waals surface area contributed by atoms with Gasteiger partial charge >= 0.3 is 5.97 Å². The zero-order valence-electron chi connectivity index (χ0n) is 14.6. The maximum absolute atomic E-state index is 12.5. The number of ether oxygens (including phenoxy) is 3. The van der Waals surface area contributed by atoms with E-state index in [1.54, 1.807) is 20.3 Å². The first kappa shape index (κ1) is 16.4. The molecule has 1 fully saturated rings. The summed E-state index contributed by atoms with van der Waals surface area (Å²) in [6.07, 6.45) is 2.37. The second-order valence-corrected chi connectivity index (χ2v) is 6.14. The van der Waals surface area contributed by atoms with E-state index in [1.807, 2.05) is 32.0 Å². The van der Waals surface area contributed by atoms with Crippen molar-refractivity contribution in [3.63, 3.8) is 0 Å². The quantitative estimate of drug-likeness (QED) is 0.756. The summed E-state index contributed by atoms with van der Waals surface area (Å²) in [5.41, 5.74) is 3.51. The smallest absolute Gasteiger partial charge is 0.340 e. The van der Waals surface area contributed by atoms with Crippen LogP contribution in [0, 0.1) is 13.8 Å². The molecular weight excluding hydrogens is 306 g/mol. The van der Waals surface area contributed by atoms with Crippen LogP contribution in [0.3, 0.4) is 0 Å². The molecule has 1 aromatic heterocycles. The highest BCUT2D eigenvalue weighted by atomic mass is 16.5. The molecule has 0 aliphatic heterocycles. The summed E-state index contributed by atoms with van der Waals surface area (Å²) in [6.45, 7) is 4.16. The second-order valence-electron chi connectivity index (χ2n) is 6.14. The third-order valence-electron chi connectivity index (χ3n) is 4.46. The van der Waals surface area contributed by atoms with Crippen LogP contribution in [0.1, 0.15) is 46.2 Å². The number of hydrogen-bond donors (Lipinski definition) is 0. The molecule has 0 spiro atoms. The fraction of sp³-hybridized carbons (Fsp3) is 0.421. The summed E-state index contributed by atoms with van der Waals surface area (Å²) in [4.78, 5) is 12.5. The molecule has 0 saturated heterocycles. The Balaban J connectivity index is 1.75. The zero-order chi connectivity index (χ0) is 17.3. The largest absolute Gasteiger partial charge is 0.497 e. The van der Waals surface area contributed by atoms with Gasteiger partial charge in [0.2, 0.25) is 0 Å². The normalized spacial score (nSPS) is 13.7. The van der Waals surface area contributed by atoms with Crippen molar-refractivity contribution in [3.8, 4) is 11.5 Å². The topological polar surface area (TPSA) is 49.7 Å². The fourth-order valence-corrected chi connectivity index (χ4v) is 3.09. The van der Waals surface area contributed by atoms with Crippen LogP contribution in [0.5, 0.6) is 11.5 Å². The molecule has 3 rings (SSSR count). The van der Waals surface area contributed by atoms with Crippen LogP contribution < -0.4 is 9.47 Å². The van der Waals surface area contributed by atoms with E-state index in [9.17, 15) is 4.79 Å². The molecule has 1 aromatic carbocycles. The molecule has 1 aliphatic carbocycles. The molecule has 2 aromatic rings. The molecule has 0 amide bonds. The highest BCUT2D eigenvalue weighted by Crippen LogP contribution is 2.38. The van der Waals surface area contributed by atoms with E-state index in [0.717, 1.165) is 17.0 Å². The third kappa shape index (κ3) is 3.11. The average Bonchev–Trinajstić information content (AvgIpc) is 3.37. The van der Waals surface area contributed by atoms with E-state index < -0.39 is 0 Å². The van der Waals surface area contributed by atoms with Gasteiger partial charge in [-0.1, -0.05) is 0 Å². The molecule has 1 saturated carbocycles. The van der Waals surface area contributed by atoms with Gasteiger partial charge in [0.05, 0.1) is 19.8 Å². The number of nitrogens with zero attached hydrogens (tertiary/aromatic N) is 1. The van der Waals surface area contributed by atoms with Gasteiger partial charge < -0.3 is 18.8 Å². The van der Waals surface area contributed by atoms with Gasteiger partial charge in [-0.15, -0.1) is 0 Å². The maximum Gasteiger partial charge on any atom is 0.340 e. The van der Waals surface area contributed by atoms with Crippen LogP contribution in [-0.2, 0) is 11.3 Å². The van der Waals surface area contributed by atoms with Crippen molar-refractivity contribution < 1.29 is 19.0 Å². The SMILES string of the molecule is COc1ccc(OC)c(COC(=O)c2cc(C)n(C3CC3)c2C)c1. The predicted molar refractivity (Wildman–Crippen MR) is 90.8 cm³/mol. The Labute approximate surface area is 142 Å². The Morgan fingerprint density at radius 2 is 1.92 bits per heavy atom. The van der Waals surface area contributed by atoms with Gasteiger partial charge in [-0.05, 0) is 51.0 Å². The average molecular weight is 329 g/mol. The van der Waals surface area contributed by atoms with Crippen LogP contribution >= 0.6 is 0 Å². The van der Waals surface area contributed by atoms with Crippen LogP contribution in [0.15, 0.2) is 24.3 Å². The monoisotopic (exact) mass is 329 g/mol. The minimum atomic E-state index is -0.306. The summed E-state index contributed by atoms with van der Waals surface area (Å²) in [5.74, 6) is 1.07. The number of esters is 1. The summed E-state index contributed by atoms with van der Waals surface area (Å²) in [5, 5.41) is 0. The van der Waals surface area contributed by atoms with E-state index in [-0.39, 0.29) is 12.6 Å². The maximum atomic E-state index is 12.5. The van der Waals surface area contributed by atoms with Gasteiger partial charge in [0, 0.05) is 23.0 Å². The molecule has 5 heteroatoms. The van der Waals surface area contributed by atoms with Crippen molar-refractivity contribution in [1.29, 1.82) is 0 Å². The van der Waals surface area contributed by atoms with Crippen molar-refractivity contribution >= 4 is 5.97 Å². The number of carbonyl (C=O) groups excluding carboxylic acids is 1. The van der Waals surface area contributed by atoms with E-state index in [4.69, 9.17) is 14.2 Å². The summed E-state index contributed by atoms with van der Waals surface area (Å²) in [7, 11) is 3.20. The van der Waals surface area contributed by atoms with Crippen LogP contribution in [0.4, 0.5) is 0 Å². The lowest BCUT2D eigenvalue weighted by atomic mass is 10.2. The van der Waals surface area contributed by atoms with Gasteiger partial charge in [-0.3, -0.25) is 0 Å². The van der Waals surface area contributed by atoms with Crippen LogP contribution in [0.25, 0.3) is 0 Å². The highest BCUT2D eigenvalue weighted by Gasteiger charge is 2.28. The molecule has 0 radical (unpaired) electrons. The van der Waals surface area contributed by atoms with Crippen molar-refractivity contribution in [2.24, 2.45) is 0 Å². The number of aromatic nitrogens is 1. The number of methoxy groups -OCH3 is 2. The van der Waals surface area contributed by atoms with Crippen molar-refractivity contribution in [1.82, 2.24) is 4.57 Å². The van der Waals surface area contributed by atoms with Crippen LogP contribution in [-0.4, -0.2) is 24.8 Å². The minimum Gasteiger partial charge on any atom is -0.497 e. The van der Waals surface area contributed by atoms with Gasteiger partial charge in [0.25, 0.3) is 0 Å². The standard InChI is InChI=1S/C19H23NO4/c1-12-9-17(13(2)20(12)15-5-6-15)19(21)24-11-14-10-16(22-3)7-8-18(14)23-4/h7-10,15H,5-6,11H2,1-4H3. The molecule has 128 valence electrons. The molecule has 24 heavy (non-hydrogen) atoms. The van der Waals surface area contributed by atoms with Crippen molar-refractivity contribution in [3.05, 3.63) is 46.8 Å². The second kappa shape index (κ2) is 6.59. The molecule has 0 N–H and O–H groups in total. The summed E-state index contributed by atoms with van der Waals surface area (Å²) in [6, 6.07) is 7.90. The number of rotatable bonds is 6. The van der Waals surface area contributed by atoms with E-state index in [2.05, 4.69) is 4.57 Å². The zero-order valence-corrected chi connectivity index (χ0v) is 14.6. The van der Waals surface area contributed by atoms with E-state index in [0.29, 0.717) is 23.1 Å². The Bertz CT molecular complexity index is 759. The Hall–Kier alpha value is -2.43. The highest BCUT2D eigenvalue weighted by molar-refractivity contribution is 5.91. The number of carbonyl (C=O) groups is 1. The van der Waals surface area contributed by atoms with Crippen molar-refractivity contribution in [2.75, 3.05) is 14.2 Å². The first-order valence-electron chi connectivity index (χ1n) is 8.11. The van der Waals surface area contributed by atoms with Gasteiger partial charge in [-0.25, -0.2) is 4.79 Å². The predicted octanol–water partition coefficient (Wildman–Crippen LogP) is 3.81. The molecule has 0 atom stereocenters. The van der Waals surface area contributed by atoms with Crippen molar-refractivity contribution in [2.45, 2.75) is 39.3 Å². The molecular formula is C19H23NO4. The molecule has 5 nitrogen and oxygen atoms in total. The molecule has 0 bridgehead atoms. The Morgan fingerprint density at radius 3 is 2.54 bits per heavy atom. The molecule has 1 aliphatic rings. The van der Waals surface area contributed by atoms with Gasteiger partial charge in [0.15, 0.2) is 0 Å². The molecule has 1 heterocycles. The Kier molecular flexibility index (Phi) is 4.51. The van der Waals surface area contributed by atoms with E-state index >= 15 is 0 Å². The minimum absolute atomic E-state index is 0.145. The number of benzene rings is 1. The van der Waals surface area contributed by atoms with Gasteiger partial charge in [-0.2, -0.15) is 0 Å². The lowest BCUT2D eigenvalue weighted by Gasteiger charge is -2.11. The lowest BCUT2D eigenvalue weighted by molar-refractivity contribution is 0.0469. The fourth-order valence-electron chi connectivity index (χ4n) is 3.09. The van der Waals surface area contributed by atoms with E-state index in [1.165, 1.54) is 12.8 Å². The first-order chi connectivity index (χ1) is 11.5. The van der Waals surface area contributed by atoms with Crippen LogP contribution in [0.2, 0.25) is 0 Å². The van der Waals surface area contributed by atoms with Gasteiger partial charge in [0.1, 0.15) is 18.1 Å². The summed E-state index contributed by atoms with van der Waals surface area (Å²) >= 11 is 0. The first-order valence-corrected chi connectivity index (χ1v) is 8.11. The third-order valence-corrected chi connectivity index (χ3v) is 4.46. The number of aryl methyl sites for hydroxylation is 1. The summed E-state index contributed by atoms with van der Waals surface area (Å²) < 4.78 is 18.3. The Morgan fingerprint density at radius 1 is 1.17 bits per heavy atom.